The smallest absolute Gasteiger partial charge is 0.199 e. The van der Waals surface area contributed by atoms with Crippen LogP contribution in [0.5, 0.6) is 11.5 Å². The van der Waals surface area contributed by atoms with Crippen LogP contribution < -0.4 is 0 Å². The van der Waals surface area contributed by atoms with Crippen molar-refractivity contribution in [2.75, 3.05) is 6.61 Å². The normalized spacial score (nSPS) is 12.1. The van der Waals surface area contributed by atoms with Gasteiger partial charge in [-0.25, -0.2) is 0 Å². The number of ketones is 1. The van der Waals surface area contributed by atoms with Crippen molar-refractivity contribution in [3.05, 3.63) is 59.7 Å². The van der Waals surface area contributed by atoms with Crippen LogP contribution in [0.25, 0.3) is 0 Å². The van der Waals surface area contributed by atoms with Gasteiger partial charge in [0.15, 0.2) is 17.3 Å². The van der Waals surface area contributed by atoms with Crippen molar-refractivity contribution >= 4 is 5.78 Å². The summed E-state index contributed by atoms with van der Waals surface area (Å²) >= 11 is 0. The lowest BCUT2D eigenvalue weighted by Crippen LogP contribution is -2.16. The van der Waals surface area contributed by atoms with Gasteiger partial charge in [-0.15, -0.1) is 0 Å². The zero-order chi connectivity index (χ0) is 14.5. The average Bonchev–Trinajstić information content (AvgIpc) is 2.48. The number of para-hydroxylation sites is 1. The number of Topliss-reactive ketones (excluding diaryl/α,β-unsaturated/α-hetero) is 1. The summed E-state index contributed by atoms with van der Waals surface area (Å²) in [6.07, 6.45) is -0.797. The van der Waals surface area contributed by atoms with Gasteiger partial charge >= 0.3 is 0 Å². The van der Waals surface area contributed by atoms with Gasteiger partial charge in [0, 0.05) is 6.61 Å². The Morgan fingerprint density at radius 2 is 1.80 bits per heavy atom. The van der Waals surface area contributed by atoms with Crippen molar-refractivity contribution in [3.63, 3.8) is 0 Å². The highest BCUT2D eigenvalue weighted by atomic mass is 16.5. The van der Waals surface area contributed by atoms with E-state index in [4.69, 9.17) is 4.74 Å². The van der Waals surface area contributed by atoms with E-state index in [1.807, 2.05) is 18.2 Å². The van der Waals surface area contributed by atoms with Crippen molar-refractivity contribution in [2.24, 2.45) is 0 Å². The molecule has 0 saturated heterocycles. The Kier molecular flexibility index (Phi) is 4.38. The lowest BCUT2D eigenvalue weighted by molar-refractivity contribution is 0.0450. The molecule has 0 aliphatic carbocycles. The highest BCUT2D eigenvalue weighted by Crippen LogP contribution is 2.32. The molecule has 20 heavy (non-hydrogen) atoms. The van der Waals surface area contributed by atoms with Crippen LogP contribution in [0.15, 0.2) is 48.5 Å². The molecule has 0 heterocycles. The zero-order valence-electron chi connectivity index (χ0n) is 11.1. The van der Waals surface area contributed by atoms with Gasteiger partial charge in [0.2, 0.25) is 0 Å². The minimum Gasteiger partial charge on any atom is -0.504 e. The maximum atomic E-state index is 12.5. The van der Waals surface area contributed by atoms with E-state index < -0.39 is 11.9 Å². The minimum absolute atomic E-state index is 0.0484. The van der Waals surface area contributed by atoms with Gasteiger partial charge in [0.05, 0.1) is 5.56 Å². The fourth-order valence-corrected chi connectivity index (χ4v) is 1.99. The first kappa shape index (κ1) is 14.1. The molecule has 0 amide bonds. The predicted octanol–water partition coefficient (Wildman–Crippen LogP) is 3.06. The van der Waals surface area contributed by atoms with Crippen molar-refractivity contribution in [2.45, 2.75) is 13.0 Å². The Labute approximate surface area is 117 Å². The Balaban J connectivity index is 2.39. The Hall–Kier alpha value is -2.33. The monoisotopic (exact) mass is 272 g/mol. The number of phenolic OH excluding ortho intramolecular Hbond substituents is 2. The standard InChI is InChI=1S/C16H16O4/c1-2-20-16(11-7-4-3-5-8-11)15(19)12-9-6-10-13(17)14(12)18/h3-10,16-18H,2H2,1H3. The summed E-state index contributed by atoms with van der Waals surface area (Å²) in [5.74, 6) is -1.12. The molecule has 0 aromatic heterocycles. The molecule has 1 atom stereocenters. The van der Waals surface area contributed by atoms with Gasteiger partial charge in [-0.3, -0.25) is 4.79 Å². The van der Waals surface area contributed by atoms with Crippen LogP contribution in [0.1, 0.15) is 28.9 Å². The molecule has 2 aromatic rings. The van der Waals surface area contributed by atoms with Crippen molar-refractivity contribution < 1.29 is 19.7 Å². The van der Waals surface area contributed by atoms with E-state index in [0.717, 1.165) is 0 Å². The molecule has 0 aliphatic heterocycles. The minimum atomic E-state index is -0.797. The molecule has 2 aromatic carbocycles. The molecule has 0 spiro atoms. The fraction of sp³-hybridized carbons (Fsp3) is 0.188. The lowest BCUT2D eigenvalue weighted by atomic mass is 9.99. The second kappa shape index (κ2) is 6.21. The van der Waals surface area contributed by atoms with Crippen LogP contribution in [-0.2, 0) is 4.74 Å². The molecular weight excluding hydrogens is 256 g/mol. The van der Waals surface area contributed by atoms with Gasteiger partial charge in [0.1, 0.15) is 6.10 Å². The van der Waals surface area contributed by atoms with E-state index in [2.05, 4.69) is 0 Å². The molecule has 0 aliphatic rings. The molecule has 0 radical (unpaired) electrons. The fourth-order valence-electron chi connectivity index (χ4n) is 1.99. The summed E-state index contributed by atoms with van der Waals surface area (Å²) < 4.78 is 5.50. The van der Waals surface area contributed by atoms with Gasteiger partial charge in [-0.05, 0) is 24.6 Å². The number of hydrogen-bond donors (Lipinski definition) is 2. The third kappa shape index (κ3) is 2.81. The molecule has 2 rings (SSSR count). The quantitative estimate of drug-likeness (QED) is 0.648. The van der Waals surface area contributed by atoms with Crippen molar-refractivity contribution in [3.8, 4) is 11.5 Å². The molecule has 104 valence electrons. The molecular formula is C16H16O4. The highest BCUT2D eigenvalue weighted by Gasteiger charge is 2.25. The first-order valence-electron chi connectivity index (χ1n) is 6.36. The van der Waals surface area contributed by atoms with E-state index in [9.17, 15) is 15.0 Å². The Morgan fingerprint density at radius 1 is 1.10 bits per heavy atom. The maximum absolute atomic E-state index is 12.5. The highest BCUT2D eigenvalue weighted by molar-refractivity contribution is 6.02. The van der Waals surface area contributed by atoms with Gasteiger partial charge in [-0.2, -0.15) is 0 Å². The van der Waals surface area contributed by atoms with Crippen LogP contribution in [0.3, 0.4) is 0 Å². The molecule has 1 unspecified atom stereocenters. The van der Waals surface area contributed by atoms with Crippen LogP contribution in [-0.4, -0.2) is 22.6 Å². The van der Waals surface area contributed by atoms with E-state index in [0.29, 0.717) is 12.2 Å². The molecule has 0 saturated carbocycles. The molecule has 0 bridgehead atoms. The van der Waals surface area contributed by atoms with Gasteiger partial charge in [-0.1, -0.05) is 36.4 Å². The third-order valence-electron chi connectivity index (χ3n) is 2.95. The van der Waals surface area contributed by atoms with Crippen LogP contribution in [0.2, 0.25) is 0 Å². The Morgan fingerprint density at radius 3 is 2.45 bits per heavy atom. The number of hydrogen-bond acceptors (Lipinski definition) is 4. The van der Waals surface area contributed by atoms with E-state index in [-0.39, 0.29) is 17.1 Å². The molecule has 0 fully saturated rings. The van der Waals surface area contributed by atoms with Gasteiger partial charge in [0.25, 0.3) is 0 Å². The maximum Gasteiger partial charge on any atom is 0.199 e. The van der Waals surface area contributed by atoms with E-state index in [1.54, 1.807) is 19.1 Å². The molecule has 4 heteroatoms. The largest absolute Gasteiger partial charge is 0.504 e. The topological polar surface area (TPSA) is 66.8 Å². The zero-order valence-corrected chi connectivity index (χ0v) is 11.1. The van der Waals surface area contributed by atoms with Crippen LogP contribution in [0.4, 0.5) is 0 Å². The van der Waals surface area contributed by atoms with Crippen molar-refractivity contribution in [1.29, 1.82) is 0 Å². The van der Waals surface area contributed by atoms with Gasteiger partial charge < -0.3 is 14.9 Å². The number of phenols is 2. The van der Waals surface area contributed by atoms with E-state index in [1.165, 1.54) is 18.2 Å². The summed E-state index contributed by atoms with van der Waals surface area (Å²) in [5.41, 5.74) is 0.759. The number of carbonyl (C=O) groups is 1. The van der Waals surface area contributed by atoms with E-state index >= 15 is 0 Å². The second-order valence-corrected chi connectivity index (χ2v) is 4.28. The first-order valence-corrected chi connectivity index (χ1v) is 6.36. The number of benzene rings is 2. The van der Waals surface area contributed by atoms with Crippen molar-refractivity contribution in [1.82, 2.24) is 0 Å². The predicted molar refractivity (Wildman–Crippen MR) is 74.9 cm³/mol. The van der Waals surface area contributed by atoms with Crippen LogP contribution >= 0.6 is 0 Å². The lowest BCUT2D eigenvalue weighted by Gasteiger charge is -2.17. The number of aromatic hydroxyl groups is 2. The summed E-state index contributed by atoms with van der Waals surface area (Å²) in [5, 5.41) is 19.3. The molecule has 4 nitrogen and oxygen atoms in total. The summed E-state index contributed by atoms with van der Waals surface area (Å²) in [6.45, 7) is 2.16. The number of ether oxygens (including phenoxy) is 1. The summed E-state index contributed by atoms with van der Waals surface area (Å²) in [4.78, 5) is 12.5. The van der Waals surface area contributed by atoms with Crippen LogP contribution in [0, 0.1) is 0 Å². The Bertz CT molecular complexity index is 593. The number of carbonyl (C=O) groups excluding carboxylic acids is 1. The second-order valence-electron chi connectivity index (χ2n) is 4.28. The third-order valence-corrected chi connectivity index (χ3v) is 2.95. The average molecular weight is 272 g/mol. The SMILES string of the molecule is CCOC(C(=O)c1cccc(O)c1O)c1ccccc1. The number of rotatable bonds is 5. The summed E-state index contributed by atoms with van der Waals surface area (Å²) in [6, 6.07) is 13.4. The molecule has 2 N–H and O–H groups in total. The first-order chi connectivity index (χ1) is 9.65. The summed E-state index contributed by atoms with van der Waals surface area (Å²) in [7, 11) is 0.